The predicted molar refractivity (Wildman–Crippen MR) is 136 cm³/mol. The van der Waals surface area contributed by atoms with Gasteiger partial charge in [-0.05, 0) is 46.0 Å². The summed E-state index contributed by atoms with van der Waals surface area (Å²) in [5.74, 6) is 0. The van der Waals surface area contributed by atoms with Gasteiger partial charge in [0.05, 0.1) is 25.5 Å². The summed E-state index contributed by atoms with van der Waals surface area (Å²) in [6, 6.07) is 5.78. The lowest BCUT2D eigenvalue weighted by Crippen LogP contribution is -2.55. The average Bonchev–Trinajstić information content (AvgIpc) is 2.69. The van der Waals surface area contributed by atoms with Crippen LogP contribution in [0, 0.1) is 6.92 Å². The molecule has 1 unspecified atom stereocenters. The smallest absolute Gasteiger partial charge is 0.144 e. The van der Waals surface area contributed by atoms with Crippen LogP contribution in [0.15, 0.2) is 29.2 Å². The van der Waals surface area contributed by atoms with Gasteiger partial charge in [0.2, 0.25) is 0 Å². The monoisotopic (exact) mass is 470 g/mol. The Labute approximate surface area is 199 Å². The van der Waals surface area contributed by atoms with Crippen LogP contribution < -0.4 is 0 Å². The fraction of sp³-hybridized carbons (Fsp3) is 0.769. The van der Waals surface area contributed by atoms with E-state index in [2.05, 4.69) is 46.9 Å². The molecule has 0 spiro atoms. The molecule has 1 atom stereocenters. The van der Waals surface area contributed by atoms with E-state index in [-0.39, 0.29) is 4.90 Å². The lowest BCUT2D eigenvalue weighted by molar-refractivity contribution is -0.926. The molecule has 0 saturated carbocycles. The van der Waals surface area contributed by atoms with E-state index in [0.717, 1.165) is 10.0 Å². The van der Waals surface area contributed by atoms with Crippen LogP contribution in [-0.4, -0.2) is 63.3 Å². The maximum absolute atomic E-state index is 10.4. The largest absolute Gasteiger partial charge is 0.744 e. The van der Waals surface area contributed by atoms with Gasteiger partial charge in [0, 0.05) is 6.42 Å². The number of benzene rings is 1. The van der Waals surface area contributed by atoms with Gasteiger partial charge in [-0.15, -0.1) is 0 Å². The lowest BCUT2D eigenvalue weighted by Gasteiger charge is -2.41. The number of hydrogen-bond donors (Lipinski definition) is 0. The van der Waals surface area contributed by atoms with Crippen molar-refractivity contribution in [1.82, 2.24) is 4.90 Å². The first kappa shape index (κ1) is 31.0. The molecule has 1 rings (SSSR count). The molecule has 0 fully saturated rings. The third-order valence-electron chi connectivity index (χ3n) is 6.17. The second kappa shape index (κ2) is 16.6. The number of nitrogens with zero attached hydrogens (tertiary/aromatic N) is 2. The van der Waals surface area contributed by atoms with Gasteiger partial charge in [0.15, 0.2) is 0 Å². The van der Waals surface area contributed by atoms with Crippen LogP contribution in [-0.2, 0) is 10.1 Å². The van der Waals surface area contributed by atoms with Crippen LogP contribution in [0.4, 0.5) is 0 Å². The van der Waals surface area contributed by atoms with Crippen molar-refractivity contribution in [3.63, 3.8) is 0 Å². The average molecular weight is 471 g/mol. The first-order valence-corrected chi connectivity index (χ1v) is 13.9. The molecule has 0 radical (unpaired) electrons. The van der Waals surface area contributed by atoms with E-state index in [0.29, 0.717) is 6.17 Å². The van der Waals surface area contributed by atoms with Crippen molar-refractivity contribution in [2.24, 2.45) is 0 Å². The summed E-state index contributed by atoms with van der Waals surface area (Å²) in [5, 5.41) is 0. The van der Waals surface area contributed by atoms with Gasteiger partial charge in [-0.1, -0.05) is 82.9 Å². The Morgan fingerprint density at radius 1 is 0.844 bits per heavy atom. The lowest BCUT2D eigenvalue weighted by atomic mass is 10.1. The highest BCUT2D eigenvalue weighted by molar-refractivity contribution is 7.85. The van der Waals surface area contributed by atoms with Crippen LogP contribution in [0.1, 0.15) is 90.0 Å². The molecule has 0 aliphatic carbocycles. The predicted octanol–water partition coefficient (Wildman–Crippen LogP) is 6.18. The van der Waals surface area contributed by atoms with E-state index in [1.54, 1.807) is 12.1 Å². The second-order valence-electron chi connectivity index (χ2n) is 9.80. The highest BCUT2D eigenvalue weighted by Crippen LogP contribution is 2.16. The van der Waals surface area contributed by atoms with Gasteiger partial charge in [0.25, 0.3) is 0 Å². The minimum atomic E-state index is -4.27. The zero-order valence-electron chi connectivity index (χ0n) is 21.9. The van der Waals surface area contributed by atoms with E-state index < -0.39 is 10.1 Å². The molecule has 0 heterocycles. The summed E-state index contributed by atoms with van der Waals surface area (Å²) in [6.07, 6.45) is 16.2. The first-order chi connectivity index (χ1) is 15.0. The van der Waals surface area contributed by atoms with E-state index >= 15 is 0 Å². The van der Waals surface area contributed by atoms with Crippen LogP contribution >= 0.6 is 0 Å². The molecule has 5 nitrogen and oxygen atoms in total. The van der Waals surface area contributed by atoms with Gasteiger partial charge >= 0.3 is 0 Å². The Bertz CT molecular complexity index is 686. The van der Waals surface area contributed by atoms with Crippen LogP contribution in [0.25, 0.3) is 0 Å². The van der Waals surface area contributed by atoms with Crippen molar-refractivity contribution in [2.75, 3.05) is 34.7 Å². The summed E-state index contributed by atoms with van der Waals surface area (Å²) in [7, 11) is 4.94. The number of rotatable bonds is 15. The molecule has 0 aliphatic heterocycles. The summed E-state index contributed by atoms with van der Waals surface area (Å²) < 4.78 is 32.3. The number of quaternary nitrogens is 1. The SMILES string of the molecule is CCCCCCCCCCCC[N+](C)(C)C(CC)N(C)C.Cc1ccc(S(=O)(=O)[O-])cc1. The van der Waals surface area contributed by atoms with Crippen molar-refractivity contribution >= 4 is 10.1 Å². The normalized spacial score (nSPS) is 13.0. The minimum Gasteiger partial charge on any atom is -0.744 e. The Hall–Kier alpha value is -0.950. The first-order valence-electron chi connectivity index (χ1n) is 12.5. The summed E-state index contributed by atoms with van der Waals surface area (Å²) in [4.78, 5) is 2.21. The van der Waals surface area contributed by atoms with E-state index in [4.69, 9.17) is 0 Å². The molecular formula is C26H50N2O3S. The molecule has 6 heteroatoms. The number of hydrogen-bond acceptors (Lipinski definition) is 4. The van der Waals surface area contributed by atoms with Crippen LogP contribution in [0.2, 0.25) is 0 Å². The number of unbranched alkanes of at least 4 members (excludes halogenated alkanes) is 9. The van der Waals surface area contributed by atoms with Crippen LogP contribution in [0.5, 0.6) is 0 Å². The van der Waals surface area contributed by atoms with Crippen molar-refractivity contribution in [3.05, 3.63) is 29.8 Å². The van der Waals surface area contributed by atoms with Gasteiger partial charge in [0.1, 0.15) is 16.3 Å². The maximum atomic E-state index is 10.4. The highest BCUT2D eigenvalue weighted by Gasteiger charge is 2.27. The summed E-state index contributed by atoms with van der Waals surface area (Å²) in [5.41, 5.74) is 0.928. The topological polar surface area (TPSA) is 60.4 Å². The quantitative estimate of drug-likeness (QED) is 0.133. The van der Waals surface area contributed by atoms with Gasteiger partial charge in [-0.2, -0.15) is 0 Å². The molecule has 0 saturated heterocycles. The third-order valence-corrected chi connectivity index (χ3v) is 7.02. The molecule has 32 heavy (non-hydrogen) atoms. The van der Waals surface area contributed by atoms with Crippen molar-refractivity contribution in [3.8, 4) is 0 Å². The fourth-order valence-corrected chi connectivity index (χ4v) is 4.81. The molecular weight excluding hydrogens is 420 g/mol. The van der Waals surface area contributed by atoms with Gasteiger partial charge in [-0.25, -0.2) is 8.42 Å². The number of aryl methyl sites for hydroxylation is 1. The van der Waals surface area contributed by atoms with Crippen LogP contribution in [0.3, 0.4) is 0 Å². The third kappa shape index (κ3) is 14.2. The molecule has 0 aromatic heterocycles. The maximum Gasteiger partial charge on any atom is 0.144 e. The second-order valence-corrected chi connectivity index (χ2v) is 11.2. The molecule has 1 aromatic rings. The standard InChI is InChI=1S/C19H43N2.C7H8O3S/c1-7-9-10-11-12-13-14-15-16-17-18-21(5,6)19(8-2)20(3)4;1-6-2-4-7(5-3-6)11(8,9)10/h19H,7-18H2,1-6H3;2-5H,1H3,(H,8,9,10)/q+1;/p-1. The highest BCUT2D eigenvalue weighted by atomic mass is 32.2. The van der Waals surface area contributed by atoms with Crippen molar-refractivity contribution in [1.29, 1.82) is 0 Å². The molecule has 1 aromatic carbocycles. The minimum absolute atomic E-state index is 0.178. The zero-order chi connectivity index (χ0) is 24.6. The summed E-state index contributed by atoms with van der Waals surface area (Å²) >= 11 is 0. The van der Waals surface area contributed by atoms with E-state index in [9.17, 15) is 13.0 Å². The molecule has 0 amide bonds. The van der Waals surface area contributed by atoms with Crippen molar-refractivity contribution < 1.29 is 17.5 Å². The van der Waals surface area contributed by atoms with Crippen molar-refractivity contribution in [2.45, 2.75) is 102 Å². The molecule has 0 N–H and O–H groups in total. The Kier molecular flexibility index (Phi) is 16.1. The van der Waals surface area contributed by atoms with E-state index in [1.165, 1.54) is 89.3 Å². The molecule has 0 bridgehead atoms. The van der Waals surface area contributed by atoms with E-state index in [1.807, 2.05) is 6.92 Å². The van der Waals surface area contributed by atoms with Gasteiger partial charge < -0.3 is 9.04 Å². The summed E-state index contributed by atoms with van der Waals surface area (Å²) in [6.45, 7) is 7.73. The Morgan fingerprint density at radius 2 is 1.28 bits per heavy atom. The zero-order valence-corrected chi connectivity index (χ0v) is 22.7. The Morgan fingerprint density at radius 3 is 1.66 bits per heavy atom. The van der Waals surface area contributed by atoms with Gasteiger partial charge in [-0.3, -0.25) is 4.90 Å². The molecule has 188 valence electrons. The Balaban J connectivity index is 0.000000726. The fourth-order valence-electron chi connectivity index (χ4n) is 4.35. The molecule has 0 aliphatic rings.